The first-order chi connectivity index (χ1) is 8.12. The number of hydrogen-bond acceptors (Lipinski definition) is 2. The van der Waals surface area contributed by atoms with E-state index in [1.165, 1.54) is 12.2 Å². The van der Waals surface area contributed by atoms with Crippen molar-refractivity contribution in [1.82, 2.24) is 0 Å². The molecule has 2 N–H and O–H groups in total. The van der Waals surface area contributed by atoms with Crippen LogP contribution in [0.3, 0.4) is 0 Å². The number of hydrogen-bond donors (Lipinski definition) is 2. The van der Waals surface area contributed by atoms with Gasteiger partial charge >= 0.3 is 18.1 Å². The number of carbonyl (C=O) groups excluding carboxylic acids is 1. The molecule has 0 radical (unpaired) electrons. The van der Waals surface area contributed by atoms with Crippen LogP contribution in [-0.2, 0) is 4.79 Å². The zero-order valence-electron chi connectivity index (χ0n) is 8.93. The van der Waals surface area contributed by atoms with Crippen LogP contribution in [0.5, 0.6) is 0 Å². The Morgan fingerprint density at radius 1 is 1.28 bits per heavy atom. The Balaban J connectivity index is 3.14. The Morgan fingerprint density at radius 3 is 2.28 bits per heavy atom. The van der Waals surface area contributed by atoms with Crippen molar-refractivity contribution in [2.45, 2.75) is 13.1 Å². The molecular weight excluding hydrogens is 258 g/mol. The van der Waals surface area contributed by atoms with Gasteiger partial charge in [-0.3, -0.25) is 4.79 Å². The van der Waals surface area contributed by atoms with Crippen molar-refractivity contribution in [3.05, 3.63) is 29.1 Å². The van der Waals surface area contributed by atoms with E-state index in [4.69, 9.17) is 5.11 Å². The molecule has 1 aromatic carbocycles. The number of carboxylic acid groups (broad SMARTS) is 1. The maximum Gasteiger partial charge on any atom is 0.471 e. The molecular formula is C10H7F4NO3. The number of benzene rings is 1. The Hall–Kier alpha value is -2.12. The molecule has 4 nitrogen and oxygen atoms in total. The van der Waals surface area contributed by atoms with Crippen LogP contribution in [0.1, 0.15) is 15.9 Å². The Morgan fingerprint density at radius 2 is 1.83 bits per heavy atom. The molecule has 0 aliphatic rings. The normalized spacial score (nSPS) is 11.2. The lowest BCUT2D eigenvalue weighted by Gasteiger charge is -2.10. The van der Waals surface area contributed by atoms with Crippen molar-refractivity contribution in [2.75, 3.05) is 5.32 Å². The standard InChI is InChI=1S/C10H7F4NO3/c1-4-2-6(11)7(3-5(4)8(16)17)15-9(18)10(12,13)14/h2-3H,1H3,(H,15,18)(H,16,17). The van der Waals surface area contributed by atoms with Gasteiger partial charge in [-0.1, -0.05) is 0 Å². The first-order valence-electron chi connectivity index (χ1n) is 4.54. The van der Waals surface area contributed by atoms with Gasteiger partial charge in [0.1, 0.15) is 5.82 Å². The molecule has 0 aliphatic carbocycles. The highest BCUT2D eigenvalue weighted by atomic mass is 19.4. The third kappa shape index (κ3) is 2.96. The molecule has 0 saturated heterocycles. The maximum absolute atomic E-state index is 13.3. The fourth-order valence-electron chi connectivity index (χ4n) is 1.19. The van der Waals surface area contributed by atoms with Gasteiger partial charge in [0.05, 0.1) is 11.3 Å². The zero-order valence-corrected chi connectivity index (χ0v) is 8.93. The second-order valence-electron chi connectivity index (χ2n) is 3.40. The summed E-state index contributed by atoms with van der Waals surface area (Å²) in [5.41, 5.74) is -1.20. The third-order valence-corrected chi connectivity index (χ3v) is 2.05. The van der Waals surface area contributed by atoms with Crippen LogP contribution in [0, 0.1) is 12.7 Å². The Labute approximate surface area is 98.2 Å². The number of aromatic carboxylic acids is 1. The van der Waals surface area contributed by atoms with E-state index in [1.54, 1.807) is 0 Å². The highest BCUT2D eigenvalue weighted by Gasteiger charge is 2.39. The molecule has 98 valence electrons. The molecule has 0 aromatic heterocycles. The van der Waals surface area contributed by atoms with E-state index < -0.39 is 35.1 Å². The molecule has 0 heterocycles. The maximum atomic E-state index is 13.3. The quantitative estimate of drug-likeness (QED) is 0.806. The minimum absolute atomic E-state index is 0.0324. The smallest absolute Gasteiger partial charge is 0.471 e. The lowest BCUT2D eigenvalue weighted by molar-refractivity contribution is -0.167. The number of anilines is 1. The van der Waals surface area contributed by atoms with Crippen LogP contribution in [0.15, 0.2) is 12.1 Å². The summed E-state index contributed by atoms with van der Waals surface area (Å²) in [4.78, 5) is 21.3. The second kappa shape index (κ2) is 4.63. The second-order valence-corrected chi connectivity index (χ2v) is 3.40. The topological polar surface area (TPSA) is 66.4 Å². The van der Waals surface area contributed by atoms with E-state index in [-0.39, 0.29) is 5.56 Å². The summed E-state index contributed by atoms with van der Waals surface area (Å²) in [7, 11) is 0. The van der Waals surface area contributed by atoms with E-state index in [1.807, 2.05) is 0 Å². The molecule has 1 rings (SSSR count). The fourth-order valence-corrected chi connectivity index (χ4v) is 1.19. The van der Waals surface area contributed by atoms with E-state index >= 15 is 0 Å². The summed E-state index contributed by atoms with van der Waals surface area (Å²) in [6.45, 7) is 1.28. The van der Waals surface area contributed by atoms with E-state index in [2.05, 4.69) is 0 Å². The SMILES string of the molecule is Cc1cc(F)c(NC(=O)C(F)(F)F)cc1C(=O)O. The molecule has 0 bridgehead atoms. The van der Waals surface area contributed by atoms with Crippen LogP contribution in [0.2, 0.25) is 0 Å². The summed E-state index contributed by atoms with van der Waals surface area (Å²) in [6, 6.07) is 1.37. The predicted molar refractivity (Wildman–Crippen MR) is 52.8 cm³/mol. The number of halogens is 4. The molecule has 1 aromatic rings. The monoisotopic (exact) mass is 265 g/mol. The summed E-state index contributed by atoms with van der Waals surface area (Å²) >= 11 is 0. The highest BCUT2D eigenvalue weighted by molar-refractivity contribution is 5.97. The van der Waals surface area contributed by atoms with Crippen LogP contribution in [-0.4, -0.2) is 23.2 Å². The van der Waals surface area contributed by atoms with Gasteiger partial charge in [0.15, 0.2) is 0 Å². The average Bonchev–Trinajstić information content (AvgIpc) is 2.19. The van der Waals surface area contributed by atoms with Crippen LogP contribution in [0.25, 0.3) is 0 Å². The van der Waals surface area contributed by atoms with Gasteiger partial charge in [0.25, 0.3) is 0 Å². The number of carboxylic acids is 1. The van der Waals surface area contributed by atoms with E-state index in [9.17, 15) is 27.2 Å². The third-order valence-electron chi connectivity index (χ3n) is 2.05. The zero-order chi connectivity index (χ0) is 14.1. The molecule has 0 aliphatic heterocycles. The average molecular weight is 265 g/mol. The summed E-state index contributed by atoms with van der Waals surface area (Å²) < 4.78 is 49.1. The Bertz CT molecular complexity index is 511. The Kier molecular flexibility index (Phi) is 3.59. The van der Waals surface area contributed by atoms with Gasteiger partial charge in [-0.05, 0) is 24.6 Å². The van der Waals surface area contributed by atoms with Crippen molar-refractivity contribution in [3.8, 4) is 0 Å². The lowest BCUT2D eigenvalue weighted by Crippen LogP contribution is -2.30. The molecule has 0 unspecified atom stereocenters. The minimum Gasteiger partial charge on any atom is -0.478 e. The molecule has 0 fully saturated rings. The highest BCUT2D eigenvalue weighted by Crippen LogP contribution is 2.23. The number of amides is 1. The molecule has 18 heavy (non-hydrogen) atoms. The minimum atomic E-state index is -5.18. The predicted octanol–water partition coefficient (Wildman–Crippen LogP) is 2.33. The van der Waals surface area contributed by atoms with E-state index in [0.717, 1.165) is 6.07 Å². The van der Waals surface area contributed by atoms with Crippen molar-refractivity contribution >= 4 is 17.6 Å². The van der Waals surface area contributed by atoms with Crippen molar-refractivity contribution < 1.29 is 32.3 Å². The van der Waals surface area contributed by atoms with Gasteiger partial charge in [0, 0.05) is 0 Å². The largest absolute Gasteiger partial charge is 0.478 e. The molecule has 0 spiro atoms. The van der Waals surface area contributed by atoms with Crippen molar-refractivity contribution in [3.63, 3.8) is 0 Å². The van der Waals surface area contributed by atoms with Crippen LogP contribution in [0.4, 0.5) is 23.2 Å². The van der Waals surface area contributed by atoms with Crippen LogP contribution >= 0.6 is 0 Å². The van der Waals surface area contributed by atoms with Crippen molar-refractivity contribution in [1.29, 1.82) is 0 Å². The number of alkyl halides is 3. The number of nitrogens with one attached hydrogen (secondary N) is 1. The summed E-state index contributed by atoms with van der Waals surface area (Å²) in [5.74, 6) is -4.95. The summed E-state index contributed by atoms with van der Waals surface area (Å²) in [5, 5.41) is 9.99. The van der Waals surface area contributed by atoms with Crippen LogP contribution < -0.4 is 5.32 Å². The van der Waals surface area contributed by atoms with Crippen molar-refractivity contribution in [2.24, 2.45) is 0 Å². The molecule has 0 atom stereocenters. The van der Waals surface area contributed by atoms with Gasteiger partial charge < -0.3 is 10.4 Å². The van der Waals surface area contributed by atoms with Gasteiger partial charge in [-0.25, -0.2) is 9.18 Å². The van der Waals surface area contributed by atoms with Gasteiger partial charge in [-0.2, -0.15) is 13.2 Å². The molecule has 1 amide bonds. The number of carbonyl (C=O) groups is 2. The fraction of sp³-hybridized carbons (Fsp3) is 0.200. The lowest BCUT2D eigenvalue weighted by atomic mass is 10.1. The number of aryl methyl sites for hydroxylation is 1. The molecule has 0 saturated carbocycles. The number of rotatable bonds is 2. The van der Waals surface area contributed by atoms with Gasteiger partial charge in [-0.15, -0.1) is 0 Å². The van der Waals surface area contributed by atoms with Gasteiger partial charge in [0.2, 0.25) is 0 Å². The first-order valence-corrected chi connectivity index (χ1v) is 4.54. The van der Waals surface area contributed by atoms with E-state index in [0.29, 0.717) is 6.07 Å². The summed E-state index contributed by atoms with van der Waals surface area (Å²) in [6.07, 6.45) is -5.18. The molecule has 8 heteroatoms. The first kappa shape index (κ1) is 13.9.